The van der Waals surface area contributed by atoms with Crippen molar-refractivity contribution in [1.29, 1.82) is 0 Å². The minimum Gasteiger partial charge on any atom is -0.329 e. The molecule has 2 nitrogen and oxygen atoms in total. The highest BCUT2D eigenvalue weighted by Crippen LogP contribution is 2.22. The maximum atomic E-state index is 5.97. The van der Waals surface area contributed by atoms with Gasteiger partial charge in [-0.05, 0) is 35.5 Å². The van der Waals surface area contributed by atoms with Gasteiger partial charge in [0.1, 0.15) is 0 Å². The summed E-state index contributed by atoms with van der Waals surface area (Å²) in [6.45, 7) is 4.04. The standard InChI is InChI=1S/C17H31BrN2S/c1-3-4-5-6-7-8-9-10-16(12-19)20(2)13-17-11-15(18)14-21-17/h11,14,16H,3-10,12-13,19H2,1-2H3. The lowest BCUT2D eigenvalue weighted by atomic mass is 10.0. The summed E-state index contributed by atoms with van der Waals surface area (Å²) in [5, 5.41) is 2.15. The van der Waals surface area contributed by atoms with Crippen LogP contribution in [0.15, 0.2) is 15.9 Å². The van der Waals surface area contributed by atoms with E-state index in [1.165, 1.54) is 60.7 Å². The number of unbranched alkanes of at least 4 members (excludes halogenated alkanes) is 6. The van der Waals surface area contributed by atoms with E-state index in [4.69, 9.17) is 5.73 Å². The molecule has 0 radical (unpaired) electrons. The van der Waals surface area contributed by atoms with Crippen LogP contribution in [0.4, 0.5) is 0 Å². The van der Waals surface area contributed by atoms with Crippen molar-refractivity contribution in [1.82, 2.24) is 4.90 Å². The molecule has 0 bridgehead atoms. The first-order valence-electron chi connectivity index (χ1n) is 8.30. The van der Waals surface area contributed by atoms with Crippen LogP contribution >= 0.6 is 27.3 Å². The van der Waals surface area contributed by atoms with Gasteiger partial charge < -0.3 is 5.73 Å². The molecule has 0 fully saturated rings. The molecule has 0 aliphatic rings. The number of nitrogens with two attached hydrogens (primary N) is 1. The number of halogens is 1. The van der Waals surface area contributed by atoms with E-state index in [9.17, 15) is 0 Å². The highest BCUT2D eigenvalue weighted by Gasteiger charge is 2.13. The van der Waals surface area contributed by atoms with Crippen LogP contribution in [0.1, 0.15) is 63.2 Å². The second kappa shape index (κ2) is 11.6. The molecule has 0 aliphatic heterocycles. The van der Waals surface area contributed by atoms with Crippen molar-refractivity contribution in [2.45, 2.75) is 70.9 Å². The zero-order valence-electron chi connectivity index (χ0n) is 13.6. The van der Waals surface area contributed by atoms with Crippen molar-refractivity contribution < 1.29 is 0 Å². The lowest BCUT2D eigenvalue weighted by Gasteiger charge is -2.26. The zero-order chi connectivity index (χ0) is 15.5. The van der Waals surface area contributed by atoms with E-state index in [-0.39, 0.29) is 0 Å². The first kappa shape index (κ1) is 19.1. The molecule has 1 aromatic rings. The summed E-state index contributed by atoms with van der Waals surface area (Å²) < 4.78 is 1.19. The fourth-order valence-corrected chi connectivity index (χ4v) is 4.18. The van der Waals surface area contributed by atoms with Gasteiger partial charge in [0.15, 0.2) is 0 Å². The quantitative estimate of drug-likeness (QED) is 0.495. The highest BCUT2D eigenvalue weighted by molar-refractivity contribution is 9.10. The van der Waals surface area contributed by atoms with Crippen molar-refractivity contribution in [3.63, 3.8) is 0 Å². The second-order valence-corrected chi connectivity index (χ2v) is 7.86. The van der Waals surface area contributed by atoms with E-state index in [2.05, 4.69) is 46.2 Å². The third-order valence-electron chi connectivity index (χ3n) is 4.06. The third-order valence-corrected chi connectivity index (χ3v) is 5.75. The van der Waals surface area contributed by atoms with Crippen LogP contribution < -0.4 is 5.73 Å². The Labute approximate surface area is 143 Å². The lowest BCUT2D eigenvalue weighted by Crippen LogP contribution is -2.37. The Bertz CT molecular complexity index is 367. The topological polar surface area (TPSA) is 29.3 Å². The van der Waals surface area contributed by atoms with Crippen molar-refractivity contribution in [2.24, 2.45) is 5.73 Å². The van der Waals surface area contributed by atoms with Crippen LogP contribution in [0.25, 0.3) is 0 Å². The van der Waals surface area contributed by atoms with Gasteiger partial charge >= 0.3 is 0 Å². The number of thiophene rings is 1. The van der Waals surface area contributed by atoms with E-state index in [0.29, 0.717) is 6.04 Å². The summed E-state index contributed by atoms with van der Waals surface area (Å²) >= 11 is 5.34. The molecule has 1 heterocycles. The molecule has 1 unspecified atom stereocenters. The molecule has 1 aromatic heterocycles. The summed E-state index contributed by atoms with van der Waals surface area (Å²) in [5.74, 6) is 0. The Balaban J connectivity index is 2.18. The molecule has 122 valence electrons. The maximum Gasteiger partial charge on any atom is 0.0328 e. The first-order valence-corrected chi connectivity index (χ1v) is 9.97. The van der Waals surface area contributed by atoms with Crippen LogP contribution in [-0.4, -0.2) is 24.5 Å². The Morgan fingerprint density at radius 3 is 2.43 bits per heavy atom. The molecule has 1 atom stereocenters. The molecule has 0 saturated carbocycles. The van der Waals surface area contributed by atoms with Gasteiger partial charge in [0, 0.05) is 33.9 Å². The van der Waals surface area contributed by atoms with Crippen molar-refractivity contribution >= 4 is 27.3 Å². The average Bonchev–Trinajstić information content (AvgIpc) is 2.87. The molecule has 0 saturated heterocycles. The van der Waals surface area contributed by atoms with Gasteiger partial charge in [0.25, 0.3) is 0 Å². The number of rotatable bonds is 12. The van der Waals surface area contributed by atoms with E-state index >= 15 is 0 Å². The van der Waals surface area contributed by atoms with E-state index in [1.807, 2.05) is 11.3 Å². The number of likely N-dealkylation sites (N-methyl/N-ethyl adjacent to an activating group) is 1. The van der Waals surface area contributed by atoms with E-state index in [1.54, 1.807) is 0 Å². The molecule has 0 amide bonds. The van der Waals surface area contributed by atoms with Crippen molar-refractivity contribution in [3.8, 4) is 0 Å². The third kappa shape index (κ3) is 8.34. The predicted molar refractivity (Wildman–Crippen MR) is 98.9 cm³/mol. The molecular weight excluding hydrogens is 344 g/mol. The average molecular weight is 375 g/mol. The van der Waals surface area contributed by atoms with Crippen molar-refractivity contribution in [3.05, 3.63) is 20.8 Å². The van der Waals surface area contributed by atoms with Gasteiger partial charge in [-0.1, -0.05) is 51.9 Å². The Hall–Kier alpha value is 0.1000. The highest BCUT2D eigenvalue weighted by atomic mass is 79.9. The van der Waals surface area contributed by atoms with Crippen LogP contribution in [0, 0.1) is 0 Å². The molecule has 0 aliphatic carbocycles. The number of hydrogen-bond donors (Lipinski definition) is 1. The predicted octanol–water partition coefficient (Wildman–Crippen LogP) is 5.41. The minimum absolute atomic E-state index is 0.515. The largest absolute Gasteiger partial charge is 0.329 e. The molecule has 1 rings (SSSR count). The van der Waals surface area contributed by atoms with Crippen LogP contribution in [0.2, 0.25) is 0 Å². The van der Waals surface area contributed by atoms with Crippen LogP contribution in [-0.2, 0) is 6.54 Å². The minimum atomic E-state index is 0.515. The van der Waals surface area contributed by atoms with Crippen molar-refractivity contribution in [2.75, 3.05) is 13.6 Å². The number of hydrogen-bond acceptors (Lipinski definition) is 3. The molecular formula is C17H31BrN2S. The first-order chi connectivity index (χ1) is 10.2. The monoisotopic (exact) mass is 374 g/mol. The van der Waals surface area contributed by atoms with Gasteiger partial charge in [-0.2, -0.15) is 0 Å². The van der Waals surface area contributed by atoms with Gasteiger partial charge in [-0.25, -0.2) is 0 Å². The summed E-state index contributed by atoms with van der Waals surface area (Å²) in [4.78, 5) is 3.82. The fraction of sp³-hybridized carbons (Fsp3) is 0.765. The zero-order valence-corrected chi connectivity index (χ0v) is 16.0. The van der Waals surface area contributed by atoms with Crippen LogP contribution in [0.5, 0.6) is 0 Å². The molecule has 0 aromatic carbocycles. The maximum absolute atomic E-state index is 5.97. The second-order valence-electron chi connectivity index (χ2n) is 5.95. The summed E-state index contributed by atoms with van der Waals surface area (Å²) in [7, 11) is 2.20. The number of nitrogens with zero attached hydrogens (tertiary/aromatic N) is 1. The normalized spacial score (nSPS) is 13.0. The Kier molecular flexibility index (Phi) is 10.6. The Morgan fingerprint density at radius 1 is 1.19 bits per heavy atom. The smallest absolute Gasteiger partial charge is 0.0328 e. The molecule has 0 spiro atoms. The molecule has 21 heavy (non-hydrogen) atoms. The summed E-state index contributed by atoms with van der Waals surface area (Å²) in [5.41, 5.74) is 5.97. The van der Waals surface area contributed by atoms with Gasteiger partial charge in [0.05, 0.1) is 0 Å². The van der Waals surface area contributed by atoms with Gasteiger partial charge in [-0.3, -0.25) is 4.90 Å². The fourth-order valence-electron chi connectivity index (χ4n) is 2.67. The summed E-state index contributed by atoms with van der Waals surface area (Å²) in [6, 6.07) is 2.73. The molecule has 4 heteroatoms. The summed E-state index contributed by atoms with van der Waals surface area (Å²) in [6.07, 6.45) is 10.8. The Morgan fingerprint density at radius 2 is 1.86 bits per heavy atom. The SMILES string of the molecule is CCCCCCCCCC(CN)N(C)Cc1cc(Br)cs1. The van der Waals surface area contributed by atoms with Crippen LogP contribution in [0.3, 0.4) is 0 Å². The van der Waals surface area contributed by atoms with E-state index < -0.39 is 0 Å². The van der Waals surface area contributed by atoms with Gasteiger partial charge in [-0.15, -0.1) is 11.3 Å². The lowest BCUT2D eigenvalue weighted by molar-refractivity contribution is 0.224. The van der Waals surface area contributed by atoms with E-state index in [0.717, 1.165) is 13.1 Å². The molecule has 2 N–H and O–H groups in total. The van der Waals surface area contributed by atoms with Gasteiger partial charge in [0.2, 0.25) is 0 Å².